The van der Waals surface area contributed by atoms with Crippen molar-refractivity contribution in [1.82, 2.24) is 10.6 Å². The van der Waals surface area contributed by atoms with Crippen molar-refractivity contribution in [2.24, 2.45) is 4.99 Å². The van der Waals surface area contributed by atoms with Crippen molar-refractivity contribution < 1.29 is 12.8 Å². The molecule has 0 radical (unpaired) electrons. The molecule has 26 heavy (non-hydrogen) atoms. The van der Waals surface area contributed by atoms with E-state index >= 15 is 0 Å². The van der Waals surface area contributed by atoms with Gasteiger partial charge in [-0.25, -0.2) is 12.8 Å². The van der Waals surface area contributed by atoms with Gasteiger partial charge in [-0.2, -0.15) is 0 Å². The van der Waals surface area contributed by atoms with Crippen molar-refractivity contribution in [3.63, 3.8) is 0 Å². The van der Waals surface area contributed by atoms with Gasteiger partial charge in [-0.15, -0.1) is 24.0 Å². The van der Waals surface area contributed by atoms with Crippen molar-refractivity contribution >= 4 is 39.8 Å². The zero-order chi connectivity index (χ0) is 18.3. The molecular formula is C18H23FIN3O2S. The molecule has 5 nitrogen and oxygen atoms in total. The van der Waals surface area contributed by atoms with Crippen molar-refractivity contribution in [2.75, 3.05) is 19.8 Å². The van der Waals surface area contributed by atoms with E-state index in [0.717, 1.165) is 5.56 Å². The van der Waals surface area contributed by atoms with E-state index in [9.17, 15) is 12.8 Å². The van der Waals surface area contributed by atoms with Crippen molar-refractivity contribution in [3.8, 4) is 0 Å². The number of nitrogens with one attached hydrogen (secondary N) is 2. The smallest absolute Gasteiger partial charge is 0.191 e. The Kier molecular flexibility index (Phi) is 9.00. The number of hydrogen-bond acceptors (Lipinski definition) is 3. The molecule has 0 aliphatic rings. The number of benzene rings is 2. The van der Waals surface area contributed by atoms with Crippen LogP contribution in [0.3, 0.4) is 0 Å². The van der Waals surface area contributed by atoms with Crippen molar-refractivity contribution in [3.05, 3.63) is 65.5 Å². The zero-order valence-corrected chi connectivity index (χ0v) is 17.8. The molecule has 0 unspecified atom stereocenters. The van der Waals surface area contributed by atoms with Crippen molar-refractivity contribution in [1.29, 1.82) is 0 Å². The second kappa shape index (κ2) is 10.5. The molecule has 0 aliphatic carbocycles. The van der Waals surface area contributed by atoms with E-state index in [4.69, 9.17) is 0 Å². The van der Waals surface area contributed by atoms with E-state index in [1.165, 1.54) is 12.3 Å². The summed E-state index contributed by atoms with van der Waals surface area (Å²) in [5.41, 5.74) is 1.59. The Balaban J connectivity index is 0.00000338. The highest BCUT2D eigenvalue weighted by Gasteiger charge is 2.06. The van der Waals surface area contributed by atoms with Crippen LogP contribution in [0.5, 0.6) is 0 Å². The first kappa shape index (κ1) is 22.4. The summed E-state index contributed by atoms with van der Waals surface area (Å²) in [5.74, 6) is 0.391. The van der Waals surface area contributed by atoms with E-state index in [1.54, 1.807) is 43.4 Å². The quantitative estimate of drug-likeness (QED) is 0.371. The monoisotopic (exact) mass is 491 g/mol. The molecule has 0 amide bonds. The molecule has 0 fully saturated rings. The maximum Gasteiger partial charge on any atom is 0.191 e. The van der Waals surface area contributed by atoms with Gasteiger partial charge < -0.3 is 10.6 Å². The molecule has 0 aromatic heterocycles. The van der Waals surface area contributed by atoms with Gasteiger partial charge in [0.15, 0.2) is 15.8 Å². The van der Waals surface area contributed by atoms with Gasteiger partial charge in [-0.05, 0) is 35.7 Å². The minimum Gasteiger partial charge on any atom is -0.356 e. The first-order valence-electron chi connectivity index (χ1n) is 7.87. The van der Waals surface area contributed by atoms with E-state index in [-0.39, 0.29) is 29.8 Å². The second-order valence-electron chi connectivity index (χ2n) is 5.61. The summed E-state index contributed by atoms with van der Waals surface area (Å²) in [6, 6.07) is 13.4. The van der Waals surface area contributed by atoms with Gasteiger partial charge in [0.2, 0.25) is 0 Å². The van der Waals surface area contributed by atoms with Crippen LogP contribution in [0.15, 0.2) is 58.4 Å². The summed E-state index contributed by atoms with van der Waals surface area (Å²) in [5, 5.41) is 6.27. The van der Waals surface area contributed by atoms with Crippen molar-refractivity contribution in [2.45, 2.75) is 17.9 Å². The normalized spacial score (nSPS) is 11.6. The predicted octanol–water partition coefficient (Wildman–Crippen LogP) is 2.75. The zero-order valence-electron chi connectivity index (χ0n) is 14.7. The Morgan fingerprint density at radius 2 is 1.73 bits per heavy atom. The lowest BCUT2D eigenvalue weighted by atomic mass is 10.1. The molecule has 2 aromatic rings. The molecule has 0 bridgehead atoms. The molecule has 0 aliphatic heterocycles. The summed E-state index contributed by atoms with van der Waals surface area (Å²) in [6.07, 6.45) is 1.73. The standard InChI is InChI=1S/C18H22FN3O2S.HI/c1-20-18(21-12-11-15-5-3-4-6-17(15)19)22-13-14-7-9-16(10-8-14)25(2,23)24;/h3-10H,11-13H2,1-2H3,(H2,20,21,22);1H. The first-order chi connectivity index (χ1) is 11.9. The molecule has 0 atom stereocenters. The summed E-state index contributed by atoms with van der Waals surface area (Å²) >= 11 is 0. The molecule has 0 heterocycles. The Labute approximate surface area is 171 Å². The summed E-state index contributed by atoms with van der Waals surface area (Å²) < 4.78 is 36.5. The van der Waals surface area contributed by atoms with Gasteiger partial charge in [-0.3, -0.25) is 4.99 Å². The van der Waals surface area contributed by atoms with Gasteiger partial charge in [-0.1, -0.05) is 30.3 Å². The molecular weight excluding hydrogens is 468 g/mol. The Morgan fingerprint density at radius 1 is 1.08 bits per heavy atom. The van der Waals surface area contributed by atoms with Crippen LogP contribution in [0.1, 0.15) is 11.1 Å². The Bertz CT molecular complexity index is 840. The van der Waals surface area contributed by atoms with E-state index < -0.39 is 9.84 Å². The number of sulfone groups is 1. The van der Waals surface area contributed by atoms with Gasteiger partial charge in [0.1, 0.15) is 5.82 Å². The van der Waals surface area contributed by atoms with Crippen LogP contribution >= 0.6 is 24.0 Å². The van der Waals surface area contributed by atoms with Crippen LogP contribution in [0, 0.1) is 5.82 Å². The molecule has 2 rings (SSSR count). The molecule has 142 valence electrons. The molecule has 0 spiro atoms. The lowest BCUT2D eigenvalue weighted by Crippen LogP contribution is -2.37. The molecule has 0 saturated carbocycles. The van der Waals surface area contributed by atoms with Crippen LogP contribution in [0.4, 0.5) is 4.39 Å². The van der Waals surface area contributed by atoms with Crippen LogP contribution < -0.4 is 10.6 Å². The lowest BCUT2D eigenvalue weighted by Gasteiger charge is -2.12. The number of rotatable bonds is 6. The summed E-state index contributed by atoms with van der Waals surface area (Å²) in [7, 11) is -1.53. The Morgan fingerprint density at radius 3 is 2.31 bits per heavy atom. The lowest BCUT2D eigenvalue weighted by molar-refractivity contribution is 0.602. The molecule has 8 heteroatoms. The second-order valence-corrected chi connectivity index (χ2v) is 7.63. The third-order valence-corrected chi connectivity index (χ3v) is 4.81. The summed E-state index contributed by atoms with van der Waals surface area (Å²) in [6.45, 7) is 1.05. The summed E-state index contributed by atoms with van der Waals surface area (Å²) in [4.78, 5) is 4.41. The third-order valence-electron chi connectivity index (χ3n) is 3.68. The fraction of sp³-hybridized carbons (Fsp3) is 0.278. The largest absolute Gasteiger partial charge is 0.356 e. The third kappa shape index (κ3) is 6.91. The molecule has 0 saturated heterocycles. The first-order valence-corrected chi connectivity index (χ1v) is 9.76. The van der Waals surface area contributed by atoms with Gasteiger partial charge in [0, 0.05) is 26.4 Å². The number of aliphatic imine (C=N–C) groups is 1. The highest BCUT2D eigenvalue weighted by molar-refractivity contribution is 14.0. The number of hydrogen-bond donors (Lipinski definition) is 2. The fourth-order valence-electron chi connectivity index (χ4n) is 2.28. The van der Waals surface area contributed by atoms with E-state index in [1.807, 2.05) is 6.07 Å². The number of nitrogens with zero attached hydrogens (tertiary/aromatic N) is 1. The fourth-order valence-corrected chi connectivity index (χ4v) is 2.91. The average molecular weight is 491 g/mol. The number of halogens is 2. The molecule has 2 aromatic carbocycles. The minimum absolute atomic E-state index is 0. The number of guanidine groups is 1. The predicted molar refractivity (Wildman–Crippen MR) is 113 cm³/mol. The van der Waals surface area contributed by atoms with Gasteiger partial charge in [0.05, 0.1) is 4.90 Å². The van der Waals surface area contributed by atoms with Crippen LogP contribution in [0.2, 0.25) is 0 Å². The van der Waals surface area contributed by atoms with E-state index in [2.05, 4.69) is 15.6 Å². The maximum atomic E-state index is 13.6. The average Bonchev–Trinajstić information content (AvgIpc) is 2.59. The van der Waals surface area contributed by atoms with Crippen LogP contribution in [0.25, 0.3) is 0 Å². The van der Waals surface area contributed by atoms with Crippen LogP contribution in [-0.4, -0.2) is 34.2 Å². The van der Waals surface area contributed by atoms with Crippen LogP contribution in [-0.2, 0) is 22.8 Å². The minimum atomic E-state index is -3.18. The van der Waals surface area contributed by atoms with Gasteiger partial charge >= 0.3 is 0 Å². The van der Waals surface area contributed by atoms with Gasteiger partial charge in [0.25, 0.3) is 0 Å². The topological polar surface area (TPSA) is 70.6 Å². The SMILES string of the molecule is CN=C(NCCc1ccccc1F)NCc1ccc(S(C)(=O)=O)cc1.I. The highest BCUT2D eigenvalue weighted by Crippen LogP contribution is 2.10. The Hall–Kier alpha value is -1.68. The molecule has 2 N–H and O–H groups in total. The van der Waals surface area contributed by atoms with E-state index in [0.29, 0.717) is 35.9 Å². The highest BCUT2D eigenvalue weighted by atomic mass is 127. The maximum absolute atomic E-state index is 13.6.